The van der Waals surface area contributed by atoms with E-state index < -0.39 is 0 Å². The number of hydrogen-bond acceptors (Lipinski definition) is 7. The van der Waals surface area contributed by atoms with E-state index in [0.717, 1.165) is 18.5 Å². The standard InChI is InChI=1S/C20H22N6O3S/c1-24-20(21-22-23-24)30-13-15-10-17(27)18(29-2)11-25(15)12-19(28)26-9-5-7-14-6-3-4-8-16(14)26/h3-4,6,8,10-11H,5,7,9,12-13H2,1-2H3. The highest BCUT2D eigenvalue weighted by atomic mass is 32.2. The third-order valence-electron chi connectivity index (χ3n) is 5.05. The topological polar surface area (TPSA) is 95.1 Å². The first kappa shape index (κ1) is 20.1. The number of thioether (sulfide) groups is 1. The van der Waals surface area contributed by atoms with Crippen LogP contribution in [0.25, 0.3) is 0 Å². The fourth-order valence-corrected chi connectivity index (χ4v) is 4.37. The number of methoxy groups -OCH3 is 1. The molecule has 0 saturated heterocycles. The molecule has 0 saturated carbocycles. The van der Waals surface area contributed by atoms with Gasteiger partial charge in [-0.3, -0.25) is 9.59 Å². The number of nitrogens with zero attached hydrogens (tertiary/aromatic N) is 6. The zero-order chi connectivity index (χ0) is 21.1. The Kier molecular flexibility index (Phi) is 5.84. The largest absolute Gasteiger partial charge is 0.491 e. The van der Waals surface area contributed by atoms with Crippen molar-refractivity contribution >= 4 is 23.4 Å². The van der Waals surface area contributed by atoms with Crippen molar-refractivity contribution in [3.8, 4) is 5.75 Å². The highest BCUT2D eigenvalue weighted by Gasteiger charge is 2.23. The SMILES string of the molecule is COc1cn(CC(=O)N2CCCc3ccccc32)c(CSc2nnnn2C)cc1=O. The third-order valence-corrected chi connectivity index (χ3v) is 6.09. The van der Waals surface area contributed by atoms with Crippen molar-refractivity contribution in [1.82, 2.24) is 24.8 Å². The smallest absolute Gasteiger partial charge is 0.246 e. The van der Waals surface area contributed by atoms with E-state index in [1.54, 1.807) is 22.5 Å². The molecule has 0 unspecified atom stereocenters. The van der Waals surface area contributed by atoms with Gasteiger partial charge in [-0.05, 0) is 34.9 Å². The molecule has 0 bridgehead atoms. The maximum Gasteiger partial charge on any atom is 0.246 e. The van der Waals surface area contributed by atoms with Crippen LogP contribution >= 0.6 is 11.8 Å². The van der Waals surface area contributed by atoms with Crippen molar-refractivity contribution in [3.63, 3.8) is 0 Å². The molecule has 3 heterocycles. The van der Waals surface area contributed by atoms with Crippen LogP contribution < -0.4 is 15.1 Å². The lowest BCUT2D eigenvalue weighted by atomic mass is 10.0. The van der Waals surface area contributed by atoms with Crippen LogP contribution in [0.3, 0.4) is 0 Å². The van der Waals surface area contributed by atoms with Gasteiger partial charge in [0.15, 0.2) is 5.75 Å². The lowest BCUT2D eigenvalue weighted by Gasteiger charge is -2.30. The summed E-state index contributed by atoms with van der Waals surface area (Å²) in [6.07, 6.45) is 3.50. The van der Waals surface area contributed by atoms with Gasteiger partial charge in [-0.1, -0.05) is 30.0 Å². The summed E-state index contributed by atoms with van der Waals surface area (Å²) in [4.78, 5) is 27.3. The zero-order valence-corrected chi connectivity index (χ0v) is 17.6. The van der Waals surface area contributed by atoms with Gasteiger partial charge in [0.05, 0.1) is 13.3 Å². The highest BCUT2D eigenvalue weighted by Crippen LogP contribution is 2.27. The maximum absolute atomic E-state index is 13.2. The number of tetrazole rings is 1. The molecule has 156 valence electrons. The predicted octanol–water partition coefficient (Wildman–Crippen LogP) is 1.65. The van der Waals surface area contributed by atoms with Crippen molar-refractivity contribution in [2.24, 2.45) is 7.05 Å². The minimum absolute atomic E-state index is 0.0283. The fourth-order valence-electron chi connectivity index (χ4n) is 3.52. The van der Waals surface area contributed by atoms with Crippen LogP contribution in [0.5, 0.6) is 5.75 Å². The van der Waals surface area contributed by atoms with Crippen molar-refractivity contribution in [2.45, 2.75) is 30.3 Å². The van der Waals surface area contributed by atoms with Crippen molar-refractivity contribution in [2.75, 3.05) is 18.6 Å². The second-order valence-corrected chi connectivity index (χ2v) is 7.92. The molecule has 0 radical (unpaired) electrons. The van der Waals surface area contributed by atoms with Crippen molar-refractivity contribution in [1.29, 1.82) is 0 Å². The molecule has 0 spiro atoms. The Hall–Kier alpha value is -3.14. The van der Waals surface area contributed by atoms with Gasteiger partial charge in [0.1, 0.15) is 6.54 Å². The summed E-state index contributed by atoms with van der Waals surface area (Å²) in [5, 5.41) is 12.0. The summed E-state index contributed by atoms with van der Waals surface area (Å²) in [5.74, 6) is 0.618. The third kappa shape index (κ3) is 4.09. The highest BCUT2D eigenvalue weighted by molar-refractivity contribution is 7.98. The van der Waals surface area contributed by atoms with Gasteiger partial charge in [-0.2, -0.15) is 0 Å². The molecule has 0 fully saturated rings. The quantitative estimate of drug-likeness (QED) is 0.553. The molecular formula is C20H22N6O3S. The summed E-state index contributed by atoms with van der Waals surface area (Å²) in [7, 11) is 3.20. The average Bonchev–Trinajstić information content (AvgIpc) is 3.17. The number of pyridine rings is 1. The number of aryl methyl sites for hydroxylation is 2. The molecule has 2 aromatic heterocycles. The van der Waals surface area contributed by atoms with E-state index in [2.05, 4.69) is 21.6 Å². The number of benzene rings is 1. The fraction of sp³-hybridized carbons (Fsp3) is 0.350. The molecule has 30 heavy (non-hydrogen) atoms. The van der Waals surface area contributed by atoms with E-state index in [-0.39, 0.29) is 23.6 Å². The maximum atomic E-state index is 13.2. The molecule has 1 aliphatic rings. The second-order valence-electron chi connectivity index (χ2n) is 6.98. The predicted molar refractivity (Wildman–Crippen MR) is 113 cm³/mol. The number of para-hydroxylation sites is 1. The lowest BCUT2D eigenvalue weighted by molar-refractivity contribution is -0.119. The van der Waals surface area contributed by atoms with E-state index in [1.165, 1.54) is 30.5 Å². The van der Waals surface area contributed by atoms with E-state index in [4.69, 9.17) is 4.74 Å². The number of ether oxygens (including phenoxy) is 1. The molecule has 0 aliphatic carbocycles. The molecule has 3 aromatic rings. The van der Waals surface area contributed by atoms with Crippen LogP contribution in [0.2, 0.25) is 0 Å². The van der Waals surface area contributed by atoms with Gasteiger partial charge < -0.3 is 14.2 Å². The minimum atomic E-state index is -0.226. The van der Waals surface area contributed by atoms with Crippen LogP contribution in [0.15, 0.2) is 46.5 Å². The van der Waals surface area contributed by atoms with Crippen LogP contribution in [-0.2, 0) is 30.6 Å². The molecule has 1 amide bonds. The van der Waals surface area contributed by atoms with Gasteiger partial charge in [0.2, 0.25) is 16.5 Å². The van der Waals surface area contributed by atoms with E-state index >= 15 is 0 Å². The van der Waals surface area contributed by atoms with Crippen LogP contribution in [0.1, 0.15) is 17.7 Å². The van der Waals surface area contributed by atoms with Crippen LogP contribution in [0.4, 0.5) is 5.69 Å². The summed E-state index contributed by atoms with van der Waals surface area (Å²) < 4.78 is 8.53. The number of hydrogen-bond donors (Lipinski definition) is 0. The normalized spacial score (nSPS) is 13.2. The van der Waals surface area contributed by atoms with Gasteiger partial charge in [-0.25, -0.2) is 4.68 Å². The van der Waals surface area contributed by atoms with Gasteiger partial charge in [0, 0.05) is 36.8 Å². The molecule has 1 aliphatic heterocycles. The number of amides is 1. The Morgan fingerprint density at radius 1 is 1.30 bits per heavy atom. The summed E-state index contributed by atoms with van der Waals surface area (Å²) in [6, 6.07) is 9.50. The number of carbonyl (C=O) groups is 1. The zero-order valence-electron chi connectivity index (χ0n) is 16.8. The summed E-state index contributed by atoms with van der Waals surface area (Å²) >= 11 is 1.40. The first-order valence-corrected chi connectivity index (χ1v) is 10.6. The molecule has 4 rings (SSSR count). The van der Waals surface area contributed by atoms with Crippen molar-refractivity contribution < 1.29 is 9.53 Å². The molecule has 9 nitrogen and oxygen atoms in total. The summed E-state index contributed by atoms with van der Waals surface area (Å²) in [6.45, 7) is 0.791. The van der Waals surface area contributed by atoms with Crippen molar-refractivity contribution in [3.05, 3.63) is 58.0 Å². The number of carbonyl (C=O) groups excluding carboxylic acids is 1. The van der Waals surface area contributed by atoms with Gasteiger partial charge in [0.25, 0.3) is 0 Å². The lowest BCUT2D eigenvalue weighted by Crippen LogP contribution is -2.38. The Labute approximate surface area is 177 Å². The Balaban J connectivity index is 1.60. The van der Waals surface area contributed by atoms with E-state index in [1.807, 2.05) is 23.1 Å². The van der Waals surface area contributed by atoms with E-state index in [0.29, 0.717) is 23.1 Å². The molecule has 0 atom stereocenters. The minimum Gasteiger partial charge on any atom is -0.491 e. The first-order chi connectivity index (χ1) is 14.6. The molecule has 10 heteroatoms. The molecule has 0 N–H and O–H groups in total. The number of aromatic nitrogens is 5. The average molecular weight is 427 g/mol. The van der Waals surface area contributed by atoms with E-state index in [9.17, 15) is 9.59 Å². The number of rotatable bonds is 6. The van der Waals surface area contributed by atoms with Gasteiger partial charge >= 0.3 is 0 Å². The monoisotopic (exact) mass is 426 g/mol. The Bertz CT molecular complexity index is 1130. The number of fused-ring (bicyclic) bond motifs is 1. The second kappa shape index (κ2) is 8.70. The Morgan fingerprint density at radius 3 is 2.90 bits per heavy atom. The Morgan fingerprint density at radius 2 is 2.13 bits per heavy atom. The van der Waals surface area contributed by atoms with Crippen LogP contribution in [-0.4, -0.2) is 44.3 Å². The summed E-state index contributed by atoms with van der Waals surface area (Å²) in [5.41, 5.74) is 2.62. The van der Waals surface area contributed by atoms with Crippen LogP contribution in [0, 0.1) is 0 Å². The number of anilines is 1. The van der Waals surface area contributed by atoms with Gasteiger partial charge in [-0.15, -0.1) is 5.10 Å². The first-order valence-electron chi connectivity index (χ1n) is 9.57. The molecule has 1 aromatic carbocycles. The molecular weight excluding hydrogens is 404 g/mol.